The van der Waals surface area contributed by atoms with E-state index in [2.05, 4.69) is 16.9 Å². The molecule has 0 aromatic carbocycles. The Bertz CT molecular complexity index is 764. The maximum absolute atomic E-state index is 12.7. The van der Waals surface area contributed by atoms with E-state index in [0.717, 1.165) is 12.3 Å². The van der Waals surface area contributed by atoms with E-state index in [9.17, 15) is 18.6 Å². The third kappa shape index (κ3) is 6.01. The number of ether oxygens (including phenoxy) is 1. The topological polar surface area (TPSA) is 57.3 Å². The van der Waals surface area contributed by atoms with Crippen LogP contribution in [0.3, 0.4) is 0 Å². The molecule has 0 saturated carbocycles. The van der Waals surface area contributed by atoms with E-state index in [0.29, 0.717) is 17.7 Å². The molecule has 1 unspecified atom stereocenters. The molecule has 132 valence electrons. The molecule has 2 heterocycles. The minimum atomic E-state index is -4.58. The number of halogens is 3. The van der Waals surface area contributed by atoms with Crippen LogP contribution >= 0.6 is 0 Å². The van der Waals surface area contributed by atoms with Crippen LogP contribution in [0.2, 0.25) is 0 Å². The number of alkyl halides is 3. The van der Waals surface area contributed by atoms with Crippen LogP contribution in [0.25, 0.3) is 5.41 Å². The summed E-state index contributed by atoms with van der Waals surface area (Å²) in [6.07, 6.45) is 0.858. The van der Waals surface area contributed by atoms with Gasteiger partial charge in [0, 0.05) is 12.4 Å². The Kier molecular flexibility index (Phi) is 8.06. The molecule has 8 heteroatoms. The van der Waals surface area contributed by atoms with Crippen LogP contribution in [0, 0.1) is 6.92 Å². The van der Waals surface area contributed by atoms with E-state index in [1.165, 1.54) is 18.3 Å². The Hall–Kier alpha value is -2.10. The number of rotatable bonds is 6. The fraction of sp³-hybridized carbons (Fsp3) is 0.222. The molecule has 0 aliphatic heterocycles. The summed E-state index contributed by atoms with van der Waals surface area (Å²) >= 11 is 0. The van der Waals surface area contributed by atoms with Crippen molar-refractivity contribution in [3.05, 3.63) is 78.1 Å². The van der Waals surface area contributed by atoms with Gasteiger partial charge in [-0.05, 0) is 42.3 Å². The maximum atomic E-state index is 12.7. The quantitative estimate of drug-likeness (QED) is 0.449. The molecule has 0 aliphatic rings. The normalized spacial score (nSPS) is 12.9. The van der Waals surface area contributed by atoms with Gasteiger partial charge in [0.25, 0.3) is 0 Å². The molecule has 1 atom stereocenters. The van der Waals surface area contributed by atoms with Gasteiger partial charge in [-0.25, -0.2) is 0 Å². The molecular weight excluding hydrogens is 338 g/mol. The van der Waals surface area contributed by atoms with E-state index >= 15 is 0 Å². The number of allylic oxidation sites excluding steroid dienone is 1. The molecule has 26 heavy (non-hydrogen) atoms. The van der Waals surface area contributed by atoms with Gasteiger partial charge in [0.2, 0.25) is 0 Å². The van der Waals surface area contributed by atoms with Crippen molar-refractivity contribution in [2.75, 3.05) is 0 Å². The van der Waals surface area contributed by atoms with Crippen LogP contribution in [0.1, 0.15) is 24.6 Å². The molecule has 0 aliphatic carbocycles. The number of hydrogen-bond donors (Lipinski definition) is 0. The average molecular weight is 354 g/mol. The van der Waals surface area contributed by atoms with Gasteiger partial charge in [0.05, 0.1) is 12.3 Å². The summed E-state index contributed by atoms with van der Waals surface area (Å²) < 4.78 is 43.9. The molecule has 2 rings (SSSR count). The molecule has 0 N–H and O–H groups in total. The summed E-state index contributed by atoms with van der Waals surface area (Å²) in [5.41, 5.74) is -0.742. The predicted molar refractivity (Wildman–Crippen MR) is 89.1 cm³/mol. The molecule has 0 bridgehead atoms. The van der Waals surface area contributed by atoms with Crippen LogP contribution < -0.4 is 23.6 Å². The van der Waals surface area contributed by atoms with Crippen LogP contribution in [-0.2, 0) is 6.18 Å². The largest absolute Gasteiger partial charge is 1.00 e. The first-order chi connectivity index (χ1) is 11.8. The summed E-state index contributed by atoms with van der Waals surface area (Å²) in [4.78, 5) is 7.21. The smallest absolute Gasteiger partial charge is 0.803 e. The minimum Gasteiger partial charge on any atom is -0.803 e. The van der Waals surface area contributed by atoms with Crippen molar-refractivity contribution in [2.24, 2.45) is 0 Å². The first-order valence-electron chi connectivity index (χ1n) is 7.45. The second-order valence-electron chi connectivity index (χ2n) is 5.29. The molecular formula is C18H16F3LiN3O-. The van der Waals surface area contributed by atoms with Crippen molar-refractivity contribution in [1.29, 1.82) is 0 Å². The van der Waals surface area contributed by atoms with Crippen LogP contribution in [0.5, 0.6) is 5.75 Å². The Balaban J connectivity index is 0.00000338. The van der Waals surface area contributed by atoms with Gasteiger partial charge in [-0.3, -0.25) is 9.97 Å². The third-order valence-electron chi connectivity index (χ3n) is 3.39. The van der Waals surface area contributed by atoms with Gasteiger partial charge in [0.1, 0.15) is 11.4 Å². The fourth-order valence-corrected chi connectivity index (χ4v) is 2.10. The van der Waals surface area contributed by atoms with Crippen molar-refractivity contribution in [3.63, 3.8) is 0 Å². The average Bonchev–Trinajstić information content (AvgIpc) is 2.59. The zero-order valence-corrected chi connectivity index (χ0v) is 14.5. The van der Waals surface area contributed by atoms with Gasteiger partial charge in [-0.1, -0.05) is 6.08 Å². The summed E-state index contributed by atoms with van der Waals surface area (Å²) in [5.74, 6) is 0.534. The van der Waals surface area contributed by atoms with Crippen molar-refractivity contribution in [1.82, 2.24) is 9.97 Å². The van der Waals surface area contributed by atoms with Gasteiger partial charge < -0.3 is 17.1 Å². The molecule has 2 aromatic heterocycles. The molecule has 2 aromatic rings. The Morgan fingerprint density at radius 1 is 1.35 bits per heavy atom. The Labute approximate surface area is 162 Å². The first kappa shape index (κ1) is 21.9. The van der Waals surface area contributed by atoms with E-state index < -0.39 is 18.0 Å². The van der Waals surface area contributed by atoms with Crippen molar-refractivity contribution in [2.45, 2.75) is 25.6 Å². The predicted octanol–water partition coefficient (Wildman–Crippen LogP) is 1.48. The summed E-state index contributed by atoms with van der Waals surface area (Å²) in [6.45, 7) is 5.50. The monoisotopic (exact) mass is 354 g/mol. The van der Waals surface area contributed by atoms with Gasteiger partial charge >= 0.3 is 25.0 Å². The summed E-state index contributed by atoms with van der Waals surface area (Å²) in [5, 5.41) is 10.1. The van der Waals surface area contributed by atoms with Crippen LogP contribution in [-0.4, -0.2) is 21.8 Å². The van der Waals surface area contributed by atoms with Crippen molar-refractivity contribution >= 4 is 5.71 Å². The van der Waals surface area contributed by atoms with Gasteiger partial charge in [-0.2, -0.15) is 18.9 Å². The Morgan fingerprint density at radius 2 is 2.08 bits per heavy atom. The SMILES string of the molecule is [CH2-]CC(Oc1cccnc1)/C(C)=C/C(=[N-])c1ccnc(C(F)(F)F)c1.[Li+]. The van der Waals surface area contributed by atoms with Crippen molar-refractivity contribution in [3.8, 4) is 5.75 Å². The second kappa shape index (κ2) is 9.56. The van der Waals surface area contributed by atoms with E-state index in [1.807, 2.05) is 0 Å². The van der Waals surface area contributed by atoms with E-state index in [-0.39, 0.29) is 30.1 Å². The number of pyridine rings is 2. The number of hydrogen-bond acceptors (Lipinski definition) is 3. The van der Waals surface area contributed by atoms with Crippen LogP contribution in [0.4, 0.5) is 13.2 Å². The third-order valence-corrected chi connectivity index (χ3v) is 3.39. The summed E-state index contributed by atoms with van der Waals surface area (Å²) in [6, 6.07) is 5.54. The maximum Gasteiger partial charge on any atom is 1.00 e. The van der Waals surface area contributed by atoms with Crippen LogP contribution in [0.15, 0.2) is 54.5 Å². The second-order valence-corrected chi connectivity index (χ2v) is 5.29. The molecule has 0 spiro atoms. The Morgan fingerprint density at radius 3 is 2.65 bits per heavy atom. The fourth-order valence-electron chi connectivity index (χ4n) is 2.10. The zero-order valence-electron chi connectivity index (χ0n) is 14.5. The molecule has 0 fully saturated rings. The first-order valence-corrected chi connectivity index (χ1v) is 7.45. The standard InChI is InChI=1S/C18H16F3N3O.Li/c1-3-16(25-14-5-4-7-23-11-14)12(2)9-15(22)13-6-8-24-17(10-13)18(19,20)21;/h4-11,16H,1,3H2,2H3;/q-2;+1/b12-9+;. The van der Waals surface area contributed by atoms with Gasteiger partial charge in [0.15, 0.2) is 0 Å². The molecule has 0 radical (unpaired) electrons. The minimum absolute atomic E-state index is 0. The number of aromatic nitrogens is 2. The molecule has 0 amide bonds. The van der Waals surface area contributed by atoms with E-state index in [1.54, 1.807) is 25.3 Å². The number of nitrogens with zero attached hydrogens (tertiary/aromatic N) is 3. The molecule has 4 nitrogen and oxygen atoms in total. The zero-order chi connectivity index (χ0) is 18.4. The summed E-state index contributed by atoms with van der Waals surface area (Å²) in [7, 11) is 0. The van der Waals surface area contributed by atoms with Crippen molar-refractivity contribution < 1.29 is 36.8 Å². The molecule has 0 saturated heterocycles. The van der Waals surface area contributed by atoms with Gasteiger partial charge in [-0.15, -0.1) is 6.42 Å². The van der Waals surface area contributed by atoms with E-state index in [4.69, 9.17) is 4.74 Å².